The van der Waals surface area contributed by atoms with E-state index in [1.54, 1.807) is 30.3 Å². The van der Waals surface area contributed by atoms with Crippen LogP contribution in [0.5, 0.6) is 5.75 Å². The first-order valence-electron chi connectivity index (χ1n) is 10.8. The Labute approximate surface area is 202 Å². The van der Waals surface area contributed by atoms with Crippen LogP contribution in [0.25, 0.3) is 0 Å². The number of carbonyl (C=O) groups is 2. The summed E-state index contributed by atoms with van der Waals surface area (Å²) in [6.45, 7) is 4.25. The summed E-state index contributed by atoms with van der Waals surface area (Å²) in [5.41, 5.74) is 0.884. The molecule has 0 radical (unpaired) electrons. The molecule has 1 unspecified atom stereocenters. The fourth-order valence-electron chi connectivity index (χ4n) is 4.05. The number of nitrogens with zero attached hydrogens (tertiary/aromatic N) is 4. The summed E-state index contributed by atoms with van der Waals surface area (Å²) >= 11 is 12.4. The number of rotatable bonds is 6. The van der Waals surface area contributed by atoms with Gasteiger partial charge in [0.15, 0.2) is 11.6 Å². The number of halogens is 2. The van der Waals surface area contributed by atoms with Crippen molar-refractivity contribution in [3.05, 3.63) is 40.0 Å². The second-order valence-corrected chi connectivity index (χ2v) is 8.93. The maximum Gasteiger partial charge on any atom is 0.245 e. The summed E-state index contributed by atoms with van der Waals surface area (Å²) in [6, 6.07) is 4.82. The fraction of sp³-hybridized carbons (Fsp3) is 0.455. The van der Waals surface area contributed by atoms with Gasteiger partial charge in [-0.25, -0.2) is 4.98 Å². The Balaban J connectivity index is 1.43. The van der Waals surface area contributed by atoms with Crippen molar-refractivity contribution in [2.24, 2.45) is 0 Å². The van der Waals surface area contributed by atoms with Gasteiger partial charge in [-0.05, 0) is 31.0 Å². The Morgan fingerprint density at radius 3 is 2.67 bits per heavy atom. The van der Waals surface area contributed by atoms with Crippen LogP contribution in [-0.2, 0) is 9.59 Å². The van der Waals surface area contributed by atoms with E-state index >= 15 is 0 Å². The van der Waals surface area contributed by atoms with Crippen molar-refractivity contribution in [2.75, 3.05) is 43.5 Å². The number of anilines is 2. The molecule has 33 heavy (non-hydrogen) atoms. The first-order valence-corrected chi connectivity index (χ1v) is 11.6. The topological polar surface area (TPSA) is 99.7 Å². The lowest BCUT2D eigenvalue weighted by Crippen LogP contribution is -2.53. The molecule has 2 aromatic rings. The highest BCUT2D eigenvalue weighted by atomic mass is 35.5. The van der Waals surface area contributed by atoms with Gasteiger partial charge >= 0.3 is 0 Å². The minimum Gasteiger partial charge on any atom is -0.491 e. The SMILES string of the molecule is COc1cnc(N2CCN(C(=O)[C@H]3CCC(=O)N3)CC2)nc1NC(C)c1ccc(Cl)cc1Cl. The predicted octanol–water partition coefficient (Wildman–Crippen LogP) is 2.89. The minimum absolute atomic E-state index is 0.0211. The van der Waals surface area contributed by atoms with E-state index in [0.29, 0.717) is 66.6 Å². The van der Waals surface area contributed by atoms with Crippen LogP contribution in [0, 0.1) is 0 Å². The summed E-state index contributed by atoms with van der Waals surface area (Å²) in [5.74, 6) is 1.53. The molecule has 2 saturated heterocycles. The highest BCUT2D eigenvalue weighted by Crippen LogP contribution is 2.31. The van der Waals surface area contributed by atoms with E-state index in [0.717, 1.165) is 5.56 Å². The largest absolute Gasteiger partial charge is 0.491 e. The molecule has 2 aliphatic heterocycles. The highest BCUT2D eigenvalue weighted by molar-refractivity contribution is 6.35. The Morgan fingerprint density at radius 1 is 1.27 bits per heavy atom. The molecule has 4 rings (SSSR count). The molecule has 0 bridgehead atoms. The second-order valence-electron chi connectivity index (χ2n) is 8.09. The van der Waals surface area contributed by atoms with Gasteiger partial charge in [0.25, 0.3) is 0 Å². The van der Waals surface area contributed by atoms with Crippen molar-refractivity contribution in [2.45, 2.75) is 31.8 Å². The van der Waals surface area contributed by atoms with Gasteiger partial charge in [0, 0.05) is 42.6 Å². The third-order valence-electron chi connectivity index (χ3n) is 5.91. The molecule has 2 aliphatic rings. The zero-order valence-electron chi connectivity index (χ0n) is 18.5. The molecule has 1 aromatic heterocycles. The zero-order chi connectivity index (χ0) is 23.5. The summed E-state index contributed by atoms with van der Waals surface area (Å²) in [5, 5.41) is 7.24. The number of amides is 2. The maximum atomic E-state index is 12.6. The Kier molecular flexibility index (Phi) is 7.09. The summed E-state index contributed by atoms with van der Waals surface area (Å²) < 4.78 is 5.44. The minimum atomic E-state index is -0.404. The summed E-state index contributed by atoms with van der Waals surface area (Å²) in [6.07, 6.45) is 2.60. The van der Waals surface area contributed by atoms with Crippen LogP contribution in [0.4, 0.5) is 11.8 Å². The lowest BCUT2D eigenvalue weighted by Gasteiger charge is -2.36. The van der Waals surface area contributed by atoms with Gasteiger partial charge in [0.2, 0.25) is 17.8 Å². The number of hydrogen-bond acceptors (Lipinski definition) is 7. The first kappa shape index (κ1) is 23.4. The summed E-state index contributed by atoms with van der Waals surface area (Å²) in [4.78, 5) is 37.0. The normalized spacial score (nSPS) is 19.3. The van der Waals surface area contributed by atoms with Gasteiger partial charge in [-0.3, -0.25) is 9.59 Å². The van der Waals surface area contributed by atoms with E-state index in [2.05, 4.69) is 20.6 Å². The molecule has 9 nitrogen and oxygen atoms in total. The van der Waals surface area contributed by atoms with Crippen molar-refractivity contribution >= 4 is 46.8 Å². The van der Waals surface area contributed by atoms with E-state index in [-0.39, 0.29) is 17.9 Å². The van der Waals surface area contributed by atoms with Gasteiger partial charge in [0.05, 0.1) is 19.3 Å². The lowest BCUT2D eigenvalue weighted by atomic mass is 10.1. The number of aromatic nitrogens is 2. The van der Waals surface area contributed by atoms with E-state index in [1.807, 2.05) is 17.9 Å². The first-order chi connectivity index (χ1) is 15.9. The molecule has 11 heteroatoms. The van der Waals surface area contributed by atoms with Gasteiger partial charge < -0.3 is 25.2 Å². The van der Waals surface area contributed by atoms with E-state index in [9.17, 15) is 9.59 Å². The smallest absolute Gasteiger partial charge is 0.245 e. The van der Waals surface area contributed by atoms with E-state index in [1.165, 1.54) is 0 Å². The molecule has 2 atom stereocenters. The van der Waals surface area contributed by atoms with Crippen LogP contribution < -0.4 is 20.3 Å². The summed E-state index contributed by atoms with van der Waals surface area (Å²) in [7, 11) is 1.57. The average molecular weight is 493 g/mol. The van der Waals surface area contributed by atoms with Crippen molar-refractivity contribution in [3.8, 4) is 5.75 Å². The molecule has 0 spiro atoms. The van der Waals surface area contributed by atoms with Crippen LogP contribution >= 0.6 is 23.2 Å². The number of carbonyl (C=O) groups excluding carboxylic acids is 2. The molecule has 3 heterocycles. The molecule has 0 aliphatic carbocycles. The Bertz CT molecular complexity index is 1040. The fourth-order valence-corrected chi connectivity index (χ4v) is 4.62. The van der Waals surface area contributed by atoms with Gasteiger partial charge in [-0.15, -0.1) is 0 Å². The highest BCUT2D eigenvalue weighted by Gasteiger charge is 2.32. The van der Waals surface area contributed by atoms with Gasteiger partial charge in [0.1, 0.15) is 6.04 Å². The third kappa shape index (κ3) is 5.25. The van der Waals surface area contributed by atoms with Crippen molar-refractivity contribution in [3.63, 3.8) is 0 Å². The van der Waals surface area contributed by atoms with Crippen LogP contribution in [0.1, 0.15) is 31.4 Å². The van der Waals surface area contributed by atoms with E-state index in [4.69, 9.17) is 27.9 Å². The molecule has 176 valence electrons. The quantitative estimate of drug-likeness (QED) is 0.639. The Hall–Kier alpha value is -2.78. The number of hydrogen-bond donors (Lipinski definition) is 2. The number of nitrogens with one attached hydrogen (secondary N) is 2. The zero-order valence-corrected chi connectivity index (χ0v) is 20.0. The van der Waals surface area contributed by atoms with Gasteiger partial charge in [-0.1, -0.05) is 29.3 Å². The van der Waals surface area contributed by atoms with Crippen LogP contribution in [0.2, 0.25) is 10.0 Å². The van der Waals surface area contributed by atoms with Gasteiger partial charge in [-0.2, -0.15) is 4.98 Å². The van der Waals surface area contributed by atoms with Crippen LogP contribution in [-0.4, -0.2) is 66.0 Å². The molecule has 1 aromatic carbocycles. The standard InChI is InChI=1S/C22H26Cl2N6O3/c1-13(15-4-3-14(23)11-16(15)24)26-20-18(33-2)12-25-22(28-20)30-9-7-29(8-10-30)21(32)17-5-6-19(31)27-17/h3-4,11-13,17H,5-10H2,1-2H3,(H,27,31)(H,25,26,28)/t13?,17-/m1/s1. The van der Waals surface area contributed by atoms with E-state index < -0.39 is 6.04 Å². The average Bonchev–Trinajstić information content (AvgIpc) is 3.25. The number of methoxy groups -OCH3 is 1. The van der Waals surface area contributed by atoms with Crippen molar-refractivity contribution in [1.82, 2.24) is 20.2 Å². The predicted molar refractivity (Wildman–Crippen MR) is 127 cm³/mol. The molecule has 2 N–H and O–H groups in total. The van der Waals surface area contributed by atoms with Crippen LogP contribution in [0.15, 0.2) is 24.4 Å². The molecule has 2 fully saturated rings. The molecular weight excluding hydrogens is 467 g/mol. The monoisotopic (exact) mass is 492 g/mol. The second kappa shape index (κ2) is 10.0. The molecule has 2 amide bonds. The lowest BCUT2D eigenvalue weighted by molar-refractivity contribution is -0.134. The third-order valence-corrected chi connectivity index (χ3v) is 6.47. The number of ether oxygens (including phenoxy) is 1. The van der Waals surface area contributed by atoms with Crippen molar-refractivity contribution < 1.29 is 14.3 Å². The van der Waals surface area contributed by atoms with Crippen LogP contribution in [0.3, 0.4) is 0 Å². The number of benzene rings is 1. The molecular formula is C22H26Cl2N6O3. The van der Waals surface area contributed by atoms with Crippen molar-refractivity contribution in [1.29, 1.82) is 0 Å². The molecule has 0 saturated carbocycles. The number of piperazine rings is 1. The maximum absolute atomic E-state index is 12.6. The Morgan fingerprint density at radius 2 is 2.03 bits per heavy atom.